The molecule has 0 aliphatic carbocycles. The van der Waals surface area contributed by atoms with Gasteiger partial charge in [0, 0.05) is 20.3 Å². The van der Waals surface area contributed by atoms with Gasteiger partial charge >= 0.3 is 0 Å². The van der Waals surface area contributed by atoms with Crippen LogP contribution < -0.4 is 5.32 Å². The zero-order valence-corrected chi connectivity index (χ0v) is 13.6. The average molecular weight is 279 g/mol. The van der Waals surface area contributed by atoms with E-state index in [4.69, 9.17) is 9.47 Å². The predicted octanol–water partition coefficient (Wildman–Crippen LogP) is 3.76. The van der Waals surface area contributed by atoms with Crippen molar-refractivity contribution in [1.82, 2.24) is 5.32 Å². The maximum Gasteiger partial charge on any atom is 0.171 e. The molecule has 0 fully saturated rings. The first-order chi connectivity index (χ1) is 9.37. The zero-order chi connectivity index (χ0) is 15.2. The van der Waals surface area contributed by atoms with Gasteiger partial charge in [0.15, 0.2) is 6.29 Å². The summed E-state index contributed by atoms with van der Waals surface area (Å²) in [5.41, 5.74) is 1.56. The van der Waals surface area contributed by atoms with Crippen molar-refractivity contribution in [3.05, 3.63) is 35.9 Å². The molecule has 1 N–H and O–H groups in total. The molecule has 3 nitrogen and oxygen atoms in total. The lowest BCUT2D eigenvalue weighted by atomic mass is 9.85. The lowest BCUT2D eigenvalue weighted by Gasteiger charge is -2.32. The van der Waals surface area contributed by atoms with Crippen LogP contribution in [0.4, 0.5) is 0 Å². The Morgan fingerprint density at radius 1 is 1.05 bits per heavy atom. The number of hydrogen-bond donors (Lipinski definition) is 1. The number of ether oxygens (including phenoxy) is 2. The van der Waals surface area contributed by atoms with Crippen molar-refractivity contribution in [1.29, 1.82) is 0 Å². The first-order valence-corrected chi connectivity index (χ1v) is 7.24. The third kappa shape index (κ3) is 5.61. The summed E-state index contributed by atoms with van der Waals surface area (Å²) in [6.07, 6.45) is 0.822. The molecule has 114 valence electrons. The van der Waals surface area contributed by atoms with Crippen LogP contribution in [0.5, 0.6) is 0 Å². The molecule has 2 unspecified atom stereocenters. The van der Waals surface area contributed by atoms with Gasteiger partial charge in [-0.2, -0.15) is 0 Å². The largest absolute Gasteiger partial charge is 0.354 e. The molecule has 0 bridgehead atoms. The van der Waals surface area contributed by atoms with Gasteiger partial charge in [-0.15, -0.1) is 0 Å². The van der Waals surface area contributed by atoms with Crippen molar-refractivity contribution >= 4 is 0 Å². The molecular weight excluding hydrogens is 250 g/mol. The Bertz CT molecular complexity index is 368. The molecule has 0 spiro atoms. The molecule has 0 saturated carbocycles. The molecule has 20 heavy (non-hydrogen) atoms. The first-order valence-electron chi connectivity index (χ1n) is 7.24. The third-order valence-electron chi connectivity index (χ3n) is 3.36. The average Bonchev–Trinajstić information content (AvgIpc) is 2.39. The van der Waals surface area contributed by atoms with Gasteiger partial charge in [-0.1, -0.05) is 51.1 Å². The second-order valence-electron chi connectivity index (χ2n) is 6.52. The van der Waals surface area contributed by atoms with Gasteiger partial charge in [-0.3, -0.25) is 0 Å². The Kier molecular flexibility index (Phi) is 6.66. The standard InChI is InChI=1S/C17H29NO2/c1-13(16(19-5)20-6)18-15(12-17(2,3)4)14-10-8-7-9-11-14/h7-11,13,15-16,18H,12H2,1-6H3. The number of methoxy groups -OCH3 is 2. The van der Waals surface area contributed by atoms with Gasteiger partial charge < -0.3 is 14.8 Å². The number of nitrogens with one attached hydrogen (secondary N) is 1. The van der Waals surface area contributed by atoms with Crippen molar-refractivity contribution in [2.75, 3.05) is 14.2 Å². The van der Waals surface area contributed by atoms with Gasteiger partial charge in [0.2, 0.25) is 0 Å². The van der Waals surface area contributed by atoms with Crippen molar-refractivity contribution in [3.8, 4) is 0 Å². The van der Waals surface area contributed by atoms with E-state index in [1.54, 1.807) is 14.2 Å². The minimum absolute atomic E-state index is 0.123. The van der Waals surface area contributed by atoms with Crippen molar-refractivity contribution < 1.29 is 9.47 Å². The Labute approximate surface area is 123 Å². The predicted molar refractivity (Wildman–Crippen MR) is 83.7 cm³/mol. The highest BCUT2D eigenvalue weighted by atomic mass is 16.7. The summed E-state index contributed by atoms with van der Waals surface area (Å²) >= 11 is 0. The van der Waals surface area contributed by atoms with E-state index in [0.29, 0.717) is 6.04 Å². The maximum absolute atomic E-state index is 5.34. The van der Waals surface area contributed by atoms with Crippen molar-refractivity contribution in [3.63, 3.8) is 0 Å². The summed E-state index contributed by atoms with van der Waals surface area (Å²) < 4.78 is 10.7. The van der Waals surface area contributed by atoms with Crippen LogP contribution in [-0.2, 0) is 9.47 Å². The molecule has 0 amide bonds. The van der Waals surface area contributed by atoms with Crippen LogP contribution >= 0.6 is 0 Å². The molecule has 3 heteroatoms. The summed E-state index contributed by atoms with van der Waals surface area (Å²) in [6.45, 7) is 8.88. The molecule has 0 saturated heterocycles. The first kappa shape index (κ1) is 17.2. The number of rotatable bonds is 7. The lowest BCUT2D eigenvalue weighted by Crippen LogP contribution is -2.42. The summed E-state index contributed by atoms with van der Waals surface area (Å²) in [4.78, 5) is 0. The third-order valence-corrected chi connectivity index (χ3v) is 3.36. The second-order valence-corrected chi connectivity index (χ2v) is 6.52. The molecule has 0 radical (unpaired) electrons. The fourth-order valence-corrected chi connectivity index (χ4v) is 2.47. The highest BCUT2D eigenvalue weighted by Gasteiger charge is 2.24. The van der Waals surface area contributed by atoms with E-state index >= 15 is 0 Å². The van der Waals surface area contributed by atoms with Crippen LogP contribution in [0.1, 0.15) is 45.7 Å². The van der Waals surface area contributed by atoms with Crippen LogP contribution in [0.2, 0.25) is 0 Å². The number of hydrogen-bond acceptors (Lipinski definition) is 3. The fraction of sp³-hybridized carbons (Fsp3) is 0.647. The molecule has 0 aromatic heterocycles. The SMILES string of the molecule is COC(OC)C(C)NC(CC(C)(C)C)c1ccccc1. The monoisotopic (exact) mass is 279 g/mol. The Balaban J connectivity index is 2.83. The van der Waals surface area contributed by atoms with E-state index in [1.807, 2.05) is 6.07 Å². The highest BCUT2D eigenvalue weighted by molar-refractivity contribution is 5.19. The molecule has 0 aliphatic rings. The van der Waals surface area contributed by atoms with Crippen molar-refractivity contribution in [2.45, 2.75) is 52.5 Å². The van der Waals surface area contributed by atoms with Crippen LogP contribution in [-0.4, -0.2) is 26.6 Å². The second kappa shape index (κ2) is 7.77. The van der Waals surface area contributed by atoms with Crippen LogP contribution in [0, 0.1) is 5.41 Å². The summed E-state index contributed by atoms with van der Waals surface area (Å²) in [5, 5.41) is 3.64. The molecule has 1 aromatic carbocycles. The van der Waals surface area contributed by atoms with E-state index in [2.05, 4.69) is 57.3 Å². The summed E-state index contributed by atoms with van der Waals surface area (Å²) in [6, 6.07) is 11.0. The van der Waals surface area contributed by atoms with Gasteiger partial charge in [-0.05, 0) is 24.3 Å². The van der Waals surface area contributed by atoms with Gasteiger partial charge in [0.25, 0.3) is 0 Å². The normalized spacial score (nSPS) is 15.3. The minimum atomic E-state index is -0.235. The Morgan fingerprint density at radius 3 is 2.05 bits per heavy atom. The summed E-state index contributed by atoms with van der Waals surface area (Å²) in [7, 11) is 3.35. The molecule has 0 aliphatic heterocycles. The topological polar surface area (TPSA) is 30.5 Å². The van der Waals surface area contributed by atoms with E-state index < -0.39 is 0 Å². The quantitative estimate of drug-likeness (QED) is 0.771. The van der Waals surface area contributed by atoms with Gasteiger partial charge in [0.1, 0.15) is 0 Å². The van der Waals surface area contributed by atoms with E-state index in [1.165, 1.54) is 5.56 Å². The lowest BCUT2D eigenvalue weighted by molar-refractivity contribution is -0.121. The van der Waals surface area contributed by atoms with E-state index in [0.717, 1.165) is 6.42 Å². The van der Waals surface area contributed by atoms with Gasteiger partial charge in [-0.25, -0.2) is 0 Å². The molecule has 1 aromatic rings. The van der Waals surface area contributed by atoms with Crippen LogP contribution in [0.25, 0.3) is 0 Å². The molecule has 0 heterocycles. The fourth-order valence-electron chi connectivity index (χ4n) is 2.47. The Morgan fingerprint density at radius 2 is 1.60 bits per heavy atom. The maximum atomic E-state index is 5.34. The zero-order valence-electron chi connectivity index (χ0n) is 13.6. The van der Waals surface area contributed by atoms with E-state index in [-0.39, 0.29) is 17.7 Å². The molecule has 1 rings (SSSR count). The molecule has 2 atom stereocenters. The van der Waals surface area contributed by atoms with Crippen molar-refractivity contribution in [2.24, 2.45) is 5.41 Å². The van der Waals surface area contributed by atoms with Gasteiger partial charge in [0.05, 0.1) is 6.04 Å². The smallest absolute Gasteiger partial charge is 0.171 e. The Hall–Kier alpha value is -0.900. The van der Waals surface area contributed by atoms with Crippen LogP contribution in [0.3, 0.4) is 0 Å². The summed E-state index contributed by atoms with van der Waals surface area (Å²) in [5.74, 6) is 0. The number of benzene rings is 1. The minimum Gasteiger partial charge on any atom is -0.354 e. The van der Waals surface area contributed by atoms with E-state index in [9.17, 15) is 0 Å². The highest BCUT2D eigenvalue weighted by Crippen LogP contribution is 2.30. The van der Waals surface area contributed by atoms with Crippen LogP contribution in [0.15, 0.2) is 30.3 Å². The molecular formula is C17H29NO2.